The quantitative estimate of drug-likeness (QED) is 0.668. The number of rotatable bonds is 8. The minimum Gasteiger partial charge on any atom is -0.493 e. The number of nitrogens with one attached hydrogen (secondary N) is 1. The largest absolute Gasteiger partial charge is 0.493 e. The molecule has 0 saturated carbocycles. The molecule has 1 aliphatic heterocycles. The molecule has 1 fully saturated rings. The molecule has 0 spiro atoms. The van der Waals surface area contributed by atoms with Crippen molar-refractivity contribution in [2.75, 3.05) is 33.9 Å². The van der Waals surface area contributed by atoms with Crippen LogP contribution in [0.5, 0.6) is 11.5 Å². The maximum Gasteiger partial charge on any atom is 0.243 e. The second kappa shape index (κ2) is 10.1. The number of carbonyl (C=O) groups is 1. The highest BCUT2D eigenvalue weighted by atomic mass is 32.2. The summed E-state index contributed by atoms with van der Waals surface area (Å²) in [6.45, 7) is 0.882. The lowest BCUT2D eigenvalue weighted by Gasteiger charge is -2.31. The van der Waals surface area contributed by atoms with Crippen LogP contribution in [0.15, 0.2) is 47.4 Å². The Morgan fingerprint density at radius 2 is 1.84 bits per heavy atom. The minimum atomic E-state index is -3.76. The molecule has 1 N–H and O–H groups in total. The summed E-state index contributed by atoms with van der Waals surface area (Å²) in [5.74, 6) is 0.179. The van der Waals surface area contributed by atoms with Gasteiger partial charge in [-0.1, -0.05) is 6.07 Å². The third-order valence-corrected chi connectivity index (χ3v) is 7.25. The number of ether oxygens (including phenoxy) is 2. The molecule has 9 heteroatoms. The van der Waals surface area contributed by atoms with Crippen LogP contribution in [0.2, 0.25) is 0 Å². The number of carbonyl (C=O) groups excluding carboxylic acids is 1. The average Bonchev–Trinajstić information content (AvgIpc) is 2.79. The van der Waals surface area contributed by atoms with Crippen molar-refractivity contribution < 1.29 is 27.1 Å². The Bertz CT molecular complexity index is 1010. The van der Waals surface area contributed by atoms with Crippen molar-refractivity contribution in [3.63, 3.8) is 0 Å². The normalized spacial score (nSPS) is 17.2. The molecule has 0 bridgehead atoms. The number of halogens is 1. The molecule has 2 aromatic carbocycles. The van der Waals surface area contributed by atoms with E-state index in [4.69, 9.17) is 9.47 Å². The first-order valence-corrected chi connectivity index (χ1v) is 11.5. The molecule has 0 unspecified atom stereocenters. The van der Waals surface area contributed by atoms with Gasteiger partial charge in [0.25, 0.3) is 0 Å². The molecule has 1 saturated heterocycles. The zero-order chi connectivity index (χ0) is 22.4. The first-order valence-electron chi connectivity index (χ1n) is 10.1. The smallest absolute Gasteiger partial charge is 0.243 e. The van der Waals surface area contributed by atoms with Crippen molar-refractivity contribution >= 4 is 15.9 Å². The SMILES string of the molecule is COc1ccc(CCNC(=O)[C@H]2CCCN(S(=O)(=O)c3ccc(F)cc3)C2)cc1OC. The Morgan fingerprint density at radius 1 is 1.13 bits per heavy atom. The molecule has 3 rings (SSSR count). The van der Waals surface area contributed by atoms with Crippen molar-refractivity contribution in [3.05, 3.63) is 53.8 Å². The number of benzene rings is 2. The van der Waals surface area contributed by atoms with Crippen molar-refractivity contribution in [2.24, 2.45) is 5.92 Å². The Balaban J connectivity index is 1.57. The monoisotopic (exact) mass is 450 g/mol. The number of piperidine rings is 1. The zero-order valence-electron chi connectivity index (χ0n) is 17.6. The number of hydrogen-bond acceptors (Lipinski definition) is 5. The van der Waals surface area contributed by atoms with Crippen LogP contribution < -0.4 is 14.8 Å². The van der Waals surface area contributed by atoms with Crippen molar-refractivity contribution in [1.29, 1.82) is 0 Å². The van der Waals surface area contributed by atoms with E-state index in [0.29, 0.717) is 43.9 Å². The number of sulfonamides is 1. The van der Waals surface area contributed by atoms with E-state index in [-0.39, 0.29) is 17.3 Å². The van der Waals surface area contributed by atoms with E-state index >= 15 is 0 Å². The van der Waals surface area contributed by atoms with Crippen LogP contribution in [0, 0.1) is 11.7 Å². The molecule has 2 aromatic rings. The fraction of sp³-hybridized carbons (Fsp3) is 0.409. The highest BCUT2D eigenvalue weighted by Crippen LogP contribution is 2.28. The Labute approximate surface area is 182 Å². The molecule has 7 nitrogen and oxygen atoms in total. The molecule has 0 radical (unpaired) electrons. The third kappa shape index (κ3) is 5.54. The summed E-state index contributed by atoms with van der Waals surface area (Å²) in [5, 5.41) is 2.90. The first kappa shape index (κ1) is 23.0. The molecular formula is C22H27FN2O5S. The summed E-state index contributed by atoms with van der Waals surface area (Å²) < 4.78 is 50.6. The van der Waals surface area contributed by atoms with E-state index in [0.717, 1.165) is 17.7 Å². The van der Waals surface area contributed by atoms with Gasteiger partial charge in [0.05, 0.1) is 25.0 Å². The topological polar surface area (TPSA) is 84.9 Å². The minimum absolute atomic E-state index is 0.0309. The summed E-state index contributed by atoms with van der Waals surface area (Å²) in [4.78, 5) is 12.7. The van der Waals surface area contributed by atoms with E-state index in [9.17, 15) is 17.6 Å². The molecule has 1 heterocycles. The molecule has 1 amide bonds. The fourth-order valence-electron chi connectivity index (χ4n) is 3.64. The maximum atomic E-state index is 13.1. The van der Waals surface area contributed by atoms with Gasteiger partial charge in [-0.05, 0) is 61.2 Å². The number of methoxy groups -OCH3 is 2. The van der Waals surface area contributed by atoms with Crippen LogP contribution in [0.25, 0.3) is 0 Å². The molecule has 1 aliphatic rings. The number of nitrogens with zero attached hydrogens (tertiary/aromatic N) is 1. The van der Waals surface area contributed by atoms with Gasteiger partial charge >= 0.3 is 0 Å². The molecule has 0 aromatic heterocycles. The van der Waals surface area contributed by atoms with Crippen LogP contribution in [0.4, 0.5) is 4.39 Å². The van der Waals surface area contributed by atoms with Crippen molar-refractivity contribution in [3.8, 4) is 11.5 Å². The van der Waals surface area contributed by atoms with Gasteiger partial charge in [0, 0.05) is 19.6 Å². The van der Waals surface area contributed by atoms with Gasteiger partial charge in [-0.3, -0.25) is 4.79 Å². The predicted molar refractivity (Wildman–Crippen MR) is 114 cm³/mol. The average molecular weight is 451 g/mol. The second-order valence-electron chi connectivity index (χ2n) is 7.39. The first-order chi connectivity index (χ1) is 14.8. The van der Waals surface area contributed by atoms with Crippen LogP contribution in [0.3, 0.4) is 0 Å². The van der Waals surface area contributed by atoms with Gasteiger partial charge in [0.15, 0.2) is 11.5 Å². The summed E-state index contributed by atoms with van der Waals surface area (Å²) in [7, 11) is -0.624. The number of amides is 1. The highest BCUT2D eigenvalue weighted by molar-refractivity contribution is 7.89. The highest BCUT2D eigenvalue weighted by Gasteiger charge is 2.33. The lowest BCUT2D eigenvalue weighted by atomic mass is 9.99. The molecule has 0 aliphatic carbocycles. The fourth-order valence-corrected chi connectivity index (χ4v) is 5.16. The van der Waals surface area contributed by atoms with E-state index in [1.54, 1.807) is 14.2 Å². The van der Waals surface area contributed by atoms with Gasteiger partial charge in [-0.2, -0.15) is 4.31 Å². The van der Waals surface area contributed by atoms with Gasteiger partial charge < -0.3 is 14.8 Å². The van der Waals surface area contributed by atoms with Gasteiger partial charge in [-0.15, -0.1) is 0 Å². The van der Waals surface area contributed by atoms with E-state index in [1.165, 1.54) is 16.4 Å². The van der Waals surface area contributed by atoms with E-state index < -0.39 is 21.8 Å². The van der Waals surface area contributed by atoms with Gasteiger partial charge in [0.1, 0.15) is 5.82 Å². The van der Waals surface area contributed by atoms with E-state index in [2.05, 4.69) is 5.32 Å². The Kier molecular flexibility index (Phi) is 7.50. The number of hydrogen-bond donors (Lipinski definition) is 1. The summed E-state index contributed by atoms with van der Waals surface area (Å²) >= 11 is 0. The predicted octanol–water partition coefficient (Wildman–Crippen LogP) is 2.60. The van der Waals surface area contributed by atoms with Crippen LogP contribution in [0.1, 0.15) is 18.4 Å². The van der Waals surface area contributed by atoms with Crippen LogP contribution in [-0.2, 0) is 21.2 Å². The van der Waals surface area contributed by atoms with Gasteiger partial charge in [-0.25, -0.2) is 12.8 Å². The van der Waals surface area contributed by atoms with Crippen LogP contribution >= 0.6 is 0 Å². The van der Waals surface area contributed by atoms with Crippen molar-refractivity contribution in [2.45, 2.75) is 24.2 Å². The van der Waals surface area contributed by atoms with E-state index in [1.807, 2.05) is 18.2 Å². The third-order valence-electron chi connectivity index (χ3n) is 5.37. The second-order valence-corrected chi connectivity index (χ2v) is 9.32. The Morgan fingerprint density at radius 3 is 2.52 bits per heavy atom. The molecule has 31 heavy (non-hydrogen) atoms. The molecule has 168 valence electrons. The lowest BCUT2D eigenvalue weighted by molar-refractivity contribution is -0.126. The summed E-state index contributed by atoms with van der Waals surface area (Å²) in [6.07, 6.45) is 1.82. The zero-order valence-corrected chi connectivity index (χ0v) is 18.5. The van der Waals surface area contributed by atoms with Crippen LogP contribution in [-0.4, -0.2) is 52.5 Å². The van der Waals surface area contributed by atoms with Crippen molar-refractivity contribution in [1.82, 2.24) is 9.62 Å². The summed E-state index contributed by atoms with van der Waals surface area (Å²) in [6, 6.07) is 10.3. The molecular weight excluding hydrogens is 423 g/mol. The lowest BCUT2D eigenvalue weighted by Crippen LogP contribution is -2.45. The summed E-state index contributed by atoms with van der Waals surface area (Å²) in [5.41, 5.74) is 0.988. The standard InChI is InChI=1S/C22H27FN2O5S/c1-29-20-10-5-16(14-21(20)30-2)11-12-24-22(26)17-4-3-13-25(15-17)31(27,28)19-8-6-18(23)7-9-19/h5-10,14,17H,3-4,11-13,15H2,1-2H3,(H,24,26)/t17-/m0/s1. The Hall–Kier alpha value is -2.65. The molecule has 1 atom stereocenters. The van der Waals surface area contributed by atoms with Gasteiger partial charge in [0.2, 0.25) is 15.9 Å². The maximum absolute atomic E-state index is 13.1.